The zero-order valence-electron chi connectivity index (χ0n) is 11.7. The molecule has 1 fully saturated rings. The van der Waals surface area contributed by atoms with Crippen LogP contribution in [0, 0.1) is 0 Å². The fourth-order valence-electron chi connectivity index (χ4n) is 2.51. The Kier molecular flexibility index (Phi) is 4.42. The first-order chi connectivity index (χ1) is 9.02. The smallest absolute Gasteiger partial charge is 0.347 e. The Morgan fingerprint density at radius 2 is 2.37 bits per heavy atom. The number of aromatic nitrogens is 1. The van der Waals surface area contributed by atoms with Crippen LogP contribution < -0.4 is 4.90 Å². The Labute approximate surface area is 117 Å². The molecular formula is C13H21N3O2S. The van der Waals surface area contributed by atoms with Crippen LogP contribution in [-0.4, -0.2) is 54.2 Å². The number of carboxylic acids is 1. The summed E-state index contributed by atoms with van der Waals surface area (Å²) in [6.07, 6.45) is 3.11. The molecule has 1 saturated heterocycles. The van der Waals surface area contributed by atoms with Crippen molar-refractivity contribution < 1.29 is 9.90 Å². The number of likely N-dealkylation sites (N-methyl/N-ethyl adjacent to an activating group) is 2. The van der Waals surface area contributed by atoms with E-state index in [1.807, 2.05) is 14.0 Å². The van der Waals surface area contributed by atoms with Crippen molar-refractivity contribution in [3.05, 3.63) is 10.6 Å². The summed E-state index contributed by atoms with van der Waals surface area (Å²) < 4.78 is 0. The second-order valence-electron chi connectivity index (χ2n) is 5.09. The van der Waals surface area contributed by atoms with Gasteiger partial charge in [0.1, 0.15) is 4.88 Å². The van der Waals surface area contributed by atoms with Gasteiger partial charge in [-0.3, -0.25) is 0 Å². The molecule has 1 N–H and O–H groups in total. The Balaban J connectivity index is 2.10. The minimum atomic E-state index is -0.869. The third-order valence-corrected chi connectivity index (χ3v) is 4.90. The number of likely N-dealkylation sites (tertiary alicyclic amines) is 1. The fraction of sp³-hybridized carbons (Fsp3) is 0.692. The maximum absolute atomic E-state index is 11.2. The van der Waals surface area contributed by atoms with Crippen molar-refractivity contribution in [1.82, 2.24) is 9.88 Å². The van der Waals surface area contributed by atoms with Gasteiger partial charge in [0.25, 0.3) is 0 Å². The van der Waals surface area contributed by atoms with Gasteiger partial charge in [-0.2, -0.15) is 0 Å². The molecule has 2 heterocycles. The van der Waals surface area contributed by atoms with Gasteiger partial charge in [-0.05, 0) is 32.9 Å². The summed E-state index contributed by atoms with van der Waals surface area (Å²) in [5.41, 5.74) is 0.694. The lowest BCUT2D eigenvalue weighted by Gasteiger charge is -2.25. The van der Waals surface area contributed by atoms with Gasteiger partial charge in [-0.15, -0.1) is 0 Å². The first-order valence-electron chi connectivity index (χ1n) is 6.67. The van der Waals surface area contributed by atoms with E-state index < -0.39 is 5.97 Å². The highest BCUT2D eigenvalue weighted by Gasteiger charge is 2.24. The molecule has 0 aliphatic carbocycles. The Bertz CT molecular complexity index is 461. The Hall–Kier alpha value is -1.14. The average Bonchev–Trinajstić information content (AvgIpc) is 2.96. The molecule has 0 aromatic carbocycles. The molecule has 0 saturated carbocycles. The SMILES string of the molecule is CCc1nc(N(C)CC2CCCN2C)sc1C(=O)O. The number of aryl methyl sites for hydroxylation is 1. The molecule has 1 aliphatic rings. The van der Waals surface area contributed by atoms with Gasteiger partial charge < -0.3 is 14.9 Å². The van der Waals surface area contributed by atoms with Gasteiger partial charge in [-0.25, -0.2) is 9.78 Å². The van der Waals surface area contributed by atoms with Gasteiger partial charge >= 0.3 is 5.97 Å². The molecule has 0 amide bonds. The van der Waals surface area contributed by atoms with E-state index >= 15 is 0 Å². The van der Waals surface area contributed by atoms with Crippen molar-refractivity contribution in [3.63, 3.8) is 0 Å². The summed E-state index contributed by atoms with van der Waals surface area (Å²) >= 11 is 1.28. The Morgan fingerprint density at radius 1 is 1.63 bits per heavy atom. The topological polar surface area (TPSA) is 56.7 Å². The van der Waals surface area contributed by atoms with Gasteiger partial charge in [0.15, 0.2) is 5.13 Å². The highest BCUT2D eigenvalue weighted by atomic mass is 32.1. The molecule has 1 atom stereocenters. The molecule has 1 unspecified atom stereocenters. The first-order valence-corrected chi connectivity index (χ1v) is 7.49. The molecular weight excluding hydrogens is 262 g/mol. The minimum Gasteiger partial charge on any atom is -0.477 e. The molecule has 106 valence electrons. The van der Waals surface area contributed by atoms with E-state index in [-0.39, 0.29) is 0 Å². The zero-order valence-corrected chi connectivity index (χ0v) is 12.5. The van der Waals surface area contributed by atoms with Crippen LogP contribution in [0.5, 0.6) is 0 Å². The number of thiazole rings is 1. The first kappa shape index (κ1) is 14.3. The van der Waals surface area contributed by atoms with Gasteiger partial charge in [0.2, 0.25) is 0 Å². The number of nitrogens with zero attached hydrogens (tertiary/aromatic N) is 3. The zero-order chi connectivity index (χ0) is 14.0. The largest absolute Gasteiger partial charge is 0.477 e. The summed E-state index contributed by atoms with van der Waals surface area (Å²) in [6, 6.07) is 0.548. The number of hydrogen-bond acceptors (Lipinski definition) is 5. The monoisotopic (exact) mass is 283 g/mol. The van der Waals surface area contributed by atoms with Crippen LogP contribution >= 0.6 is 11.3 Å². The van der Waals surface area contributed by atoms with Crippen LogP contribution in [0.3, 0.4) is 0 Å². The van der Waals surface area contributed by atoms with Crippen molar-refractivity contribution in [2.24, 2.45) is 0 Å². The minimum absolute atomic E-state index is 0.379. The van der Waals surface area contributed by atoms with E-state index in [0.717, 1.165) is 18.2 Å². The van der Waals surface area contributed by atoms with Crippen LogP contribution in [0.4, 0.5) is 5.13 Å². The van der Waals surface area contributed by atoms with Gasteiger partial charge in [-0.1, -0.05) is 18.3 Å². The predicted molar refractivity (Wildman–Crippen MR) is 77.4 cm³/mol. The number of carbonyl (C=O) groups is 1. The maximum Gasteiger partial charge on any atom is 0.347 e. The molecule has 2 rings (SSSR count). The molecule has 1 aromatic rings. The van der Waals surface area contributed by atoms with Crippen LogP contribution in [0.1, 0.15) is 35.1 Å². The second-order valence-corrected chi connectivity index (χ2v) is 6.07. The van der Waals surface area contributed by atoms with E-state index in [4.69, 9.17) is 5.11 Å². The predicted octanol–water partition coefficient (Wildman–Crippen LogP) is 1.93. The summed E-state index contributed by atoms with van der Waals surface area (Å²) in [5.74, 6) is -0.869. The lowest BCUT2D eigenvalue weighted by atomic mass is 10.2. The van der Waals surface area contributed by atoms with E-state index in [9.17, 15) is 4.79 Å². The van der Waals surface area contributed by atoms with Crippen molar-refractivity contribution in [3.8, 4) is 0 Å². The van der Waals surface area contributed by atoms with Crippen LogP contribution in [0.2, 0.25) is 0 Å². The Morgan fingerprint density at radius 3 is 2.84 bits per heavy atom. The van der Waals surface area contributed by atoms with Gasteiger partial charge in [0, 0.05) is 19.6 Å². The van der Waals surface area contributed by atoms with Gasteiger partial charge in [0.05, 0.1) is 5.69 Å². The normalized spacial score (nSPS) is 19.8. The van der Waals surface area contributed by atoms with Crippen LogP contribution in [0.15, 0.2) is 0 Å². The summed E-state index contributed by atoms with van der Waals surface area (Å²) in [6.45, 7) is 4.00. The van der Waals surface area contributed by atoms with Crippen molar-refractivity contribution >= 4 is 22.4 Å². The molecule has 19 heavy (non-hydrogen) atoms. The molecule has 0 bridgehead atoms. The number of aromatic carboxylic acids is 1. The van der Waals surface area contributed by atoms with Crippen molar-refractivity contribution in [2.45, 2.75) is 32.2 Å². The molecule has 1 aromatic heterocycles. The fourth-order valence-corrected chi connectivity index (χ4v) is 3.48. The van der Waals surface area contributed by atoms with Crippen LogP contribution in [-0.2, 0) is 6.42 Å². The molecule has 0 radical (unpaired) electrons. The lowest BCUT2D eigenvalue weighted by Crippen LogP contribution is -2.36. The number of hydrogen-bond donors (Lipinski definition) is 1. The van der Waals surface area contributed by atoms with Crippen molar-refractivity contribution in [2.75, 3.05) is 32.1 Å². The third kappa shape index (κ3) is 3.06. The maximum atomic E-state index is 11.2. The molecule has 6 heteroatoms. The standard InChI is InChI=1S/C13H21N3O2S/c1-4-10-11(12(17)18)19-13(14-10)16(3)8-9-6-5-7-15(9)2/h9H,4-8H2,1-3H3,(H,17,18). The van der Waals surface area contributed by atoms with Crippen LogP contribution in [0.25, 0.3) is 0 Å². The summed E-state index contributed by atoms with van der Waals surface area (Å²) in [5, 5.41) is 9.98. The highest BCUT2D eigenvalue weighted by Crippen LogP contribution is 2.27. The lowest BCUT2D eigenvalue weighted by molar-refractivity contribution is 0.0701. The molecule has 0 spiro atoms. The van der Waals surface area contributed by atoms with E-state index in [1.165, 1.54) is 24.2 Å². The highest BCUT2D eigenvalue weighted by molar-refractivity contribution is 7.17. The average molecular weight is 283 g/mol. The number of carboxylic acid groups (broad SMARTS) is 1. The molecule has 5 nitrogen and oxygen atoms in total. The summed E-state index contributed by atoms with van der Waals surface area (Å²) in [7, 11) is 4.14. The van der Waals surface area contributed by atoms with E-state index in [0.29, 0.717) is 23.0 Å². The van der Waals surface area contributed by atoms with E-state index in [2.05, 4.69) is 21.8 Å². The third-order valence-electron chi connectivity index (χ3n) is 3.70. The quantitative estimate of drug-likeness (QED) is 0.895. The number of rotatable bonds is 5. The van der Waals surface area contributed by atoms with E-state index in [1.54, 1.807) is 0 Å². The second kappa shape index (κ2) is 5.88. The molecule has 1 aliphatic heterocycles. The number of anilines is 1. The summed E-state index contributed by atoms with van der Waals surface area (Å²) in [4.78, 5) is 20.4. The van der Waals surface area contributed by atoms with Crippen molar-refractivity contribution in [1.29, 1.82) is 0 Å².